The first-order valence-corrected chi connectivity index (χ1v) is 14.8. The molecule has 40 heavy (non-hydrogen) atoms. The van der Waals surface area contributed by atoms with E-state index in [-0.39, 0.29) is 40.4 Å². The van der Waals surface area contributed by atoms with E-state index >= 15 is 0 Å². The van der Waals surface area contributed by atoms with Crippen molar-refractivity contribution in [1.29, 1.82) is 0 Å². The average molecular weight is 575 g/mol. The summed E-state index contributed by atoms with van der Waals surface area (Å²) in [5, 5.41) is 13.1. The molecule has 1 heterocycles. The number of pyridine rings is 1. The smallest absolute Gasteiger partial charge is 0.264 e. The van der Waals surface area contributed by atoms with Crippen molar-refractivity contribution < 1.29 is 18.3 Å². The van der Waals surface area contributed by atoms with Crippen LogP contribution >= 0.6 is 0 Å². The zero-order valence-electron chi connectivity index (χ0n) is 25.3. The first kappa shape index (κ1) is 33.0. The second-order valence-electron chi connectivity index (χ2n) is 12.4. The molecule has 0 aliphatic rings. The van der Waals surface area contributed by atoms with Crippen LogP contribution in [0.1, 0.15) is 64.0 Å². The van der Waals surface area contributed by atoms with Gasteiger partial charge < -0.3 is 20.2 Å². The molecule has 2 rings (SSSR count). The standard InChI is InChI=1S/C29H46N6O4S/c1-28(2,3)17-23(19-36)35(18-22-13-11-15-25(32-22)34(9)20-29(4,5)6)26(37)21-12-10-14-24(16-21)40(38,39)33-27(30-7)31-8/h10-16,23,36H,17-20H2,1-9H3,(H2,30,31,33)/t23-/m1/s1. The molecule has 0 radical (unpaired) electrons. The minimum Gasteiger partial charge on any atom is -0.394 e. The number of sulfonamides is 1. The molecule has 0 aliphatic heterocycles. The molecule has 1 amide bonds. The lowest BCUT2D eigenvalue weighted by Crippen LogP contribution is -2.44. The van der Waals surface area contributed by atoms with E-state index in [9.17, 15) is 18.3 Å². The van der Waals surface area contributed by atoms with Gasteiger partial charge in [-0.25, -0.2) is 18.1 Å². The first-order chi connectivity index (χ1) is 18.5. The molecule has 0 unspecified atom stereocenters. The maximum Gasteiger partial charge on any atom is 0.264 e. The summed E-state index contributed by atoms with van der Waals surface area (Å²) in [5.74, 6) is 0.466. The Morgan fingerprint density at radius 3 is 2.27 bits per heavy atom. The highest BCUT2D eigenvalue weighted by Gasteiger charge is 2.30. The molecule has 0 aliphatic carbocycles. The SMILES string of the molecule is C/N=C(\NC)NS(=O)(=O)c1cccc(C(=O)N(Cc2cccc(N(C)CC(C)(C)C)n2)[C@@H](CO)CC(C)(C)C)c1. The second-order valence-corrected chi connectivity index (χ2v) is 14.1. The fourth-order valence-electron chi connectivity index (χ4n) is 4.44. The van der Waals surface area contributed by atoms with Gasteiger partial charge in [0, 0.05) is 33.3 Å². The van der Waals surface area contributed by atoms with Crippen LogP contribution in [0.5, 0.6) is 0 Å². The number of aromatic nitrogens is 1. The number of hydrogen-bond acceptors (Lipinski definition) is 7. The van der Waals surface area contributed by atoms with E-state index < -0.39 is 22.0 Å². The first-order valence-electron chi connectivity index (χ1n) is 13.4. The Bertz CT molecular complexity index is 1280. The van der Waals surface area contributed by atoms with Crippen LogP contribution in [-0.4, -0.2) is 75.6 Å². The topological polar surface area (TPSA) is 127 Å². The maximum absolute atomic E-state index is 14.0. The monoisotopic (exact) mass is 574 g/mol. The zero-order chi connectivity index (χ0) is 30.3. The summed E-state index contributed by atoms with van der Waals surface area (Å²) in [5.41, 5.74) is 0.755. The third kappa shape index (κ3) is 9.78. The predicted molar refractivity (Wildman–Crippen MR) is 161 cm³/mol. The lowest BCUT2D eigenvalue weighted by Gasteiger charge is -2.35. The van der Waals surface area contributed by atoms with Crippen molar-refractivity contribution in [2.45, 2.75) is 65.4 Å². The number of nitrogens with zero attached hydrogens (tertiary/aromatic N) is 4. The number of rotatable bonds is 10. The number of carbonyl (C=O) groups excluding carboxylic acids is 1. The number of guanidine groups is 1. The molecule has 1 aromatic heterocycles. The van der Waals surface area contributed by atoms with Gasteiger partial charge >= 0.3 is 0 Å². The summed E-state index contributed by atoms with van der Waals surface area (Å²) in [4.78, 5) is 26.3. The molecule has 0 saturated carbocycles. The van der Waals surface area contributed by atoms with Gasteiger partial charge in [-0.05, 0) is 47.6 Å². The molecule has 0 fully saturated rings. The highest BCUT2D eigenvalue weighted by Crippen LogP contribution is 2.27. The van der Waals surface area contributed by atoms with E-state index in [1.165, 1.54) is 25.2 Å². The fraction of sp³-hybridized carbons (Fsp3) is 0.552. The minimum atomic E-state index is -3.99. The third-order valence-electron chi connectivity index (χ3n) is 6.07. The lowest BCUT2D eigenvalue weighted by atomic mass is 9.87. The molecule has 3 N–H and O–H groups in total. The number of benzene rings is 1. The van der Waals surface area contributed by atoms with E-state index in [1.807, 2.05) is 46.0 Å². The lowest BCUT2D eigenvalue weighted by molar-refractivity contribution is 0.0486. The van der Waals surface area contributed by atoms with Crippen LogP contribution in [0.25, 0.3) is 0 Å². The van der Waals surface area contributed by atoms with Crippen LogP contribution in [0.3, 0.4) is 0 Å². The van der Waals surface area contributed by atoms with Gasteiger partial charge in [-0.2, -0.15) is 0 Å². The number of aliphatic imine (C=N–C) groups is 1. The van der Waals surface area contributed by atoms with Crippen molar-refractivity contribution in [3.05, 3.63) is 53.7 Å². The molecule has 2 aromatic rings. The van der Waals surface area contributed by atoms with Crippen molar-refractivity contribution in [2.24, 2.45) is 15.8 Å². The van der Waals surface area contributed by atoms with E-state index in [1.54, 1.807) is 18.0 Å². The number of hydrogen-bond donors (Lipinski definition) is 3. The summed E-state index contributed by atoms with van der Waals surface area (Å²) in [6, 6.07) is 11.0. The molecule has 0 spiro atoms. The van der Waals surface area contributed by atoms with E-state index in [0.717, 1.165) is 12.4 Å². The fourth-order valence-corrected chi connectivity index (χ4v) is 5.54. The molecule has 0 bridgehead atoms. The molecule has 0 saturated heterocycles. The summed E-state index contributed by atoms with van der Waals surface area (Å²) >= 11 is 0. The second kappa shape index (κ2) is 13.5. The van der Waals surface area contributed by atoms with Gasteiger partial charge in [0.15, 0.2) is 0 Å². The summed E-state index contributed by atoms with van der Waals surface area (Å²) in [6.45, 7) is 13.3. The summed E-state index contributed by atoms with van der Waals surface area (Å²) in [6.07, 6.45) is 0.539. The highest BCUT2D eigenvalue weighted by atomic mass is 32.2. The summed E-state index contributed by atoms with van der Waals surface area (Å²) < 4.78 is 28.3. The number of nitrogens with one attached hydrogen (secondary N) is 2. The molecule has 10 nitrogen and oxygen atoms in total. The van der Waals surface area contributed by atoms with Gasteiger partial charge in [-0.15, -0.1) is 0 Å². The zero-order valence-corrected chi connectivity index (χ0v) is 26.1. The van der Waals surface area contributed by atoms with Crippen molar-refractivity contribution >= 4 is 27.7 Å². The quantitative estimate of drug-likeness (QED) is 0.293. The molecule has 11 heteroatoms. The van der Waals surface area contributed by atoms with Crippen LogP contribution in [0.4, 0.5) is 5.82 Å². The predicted octanol–water partition coefficient (Wildman–Crippen LogP) is 3.49. The molecular formula is C29H46N6O4S. The van der Waals surface area contributed by atoms with Gasteiger partial charge in [-0.1, -0.05) is 53.7 Å². The van der Waals surface area contributed by atoms with Crippen molar-refractivity contribution in [3.8, 4) is 0 Å². The van der Waals surface area contributed by atoms with Gasteiger partial charge in [0.1, 0.15) is 5.82 Å². The number of aliphatic hydroxyl groups is 1. The van der Waals surface area contributed by atoms with Crippen LogP contribution in [0, 0.1) is 10.8 Å². The third-order valence-corrected chi connectivity index (χ3v) is 7.41. The number of amides is 1. The van der Waals surface area contributed by atoms with E-state index in [2.05, 4.69) is 40.7 Å². The van der Waals surface area contributed by atoms with Crippen LogP contribution in [0.2, 0.25) is 0 Å². The van der Waals surface area contributed by atoms with E-state index in [0.29, 0.717) is 12.1 Å². The van der Waals surface area contributed by atoms with Gasteiger partial charge in [0.05, 0.1) is 29.8 Å². The summed E-state index contributed by atoms with van der Waals surface area (Å²) in [7, 11) is 1.01. The van der Waals surface area contributed by atoms with Crippen molar-refractivity contribution in [2.75, 3.05) is 39.2 Å². The Kier molecular flexibility index (Phi) is 11.1. The average Bonchev–Trinajstić information content (AvgIpc) is 2.87. The number of anilines is 1. The molecule has 222 valence electrons. The van der Waals surface area contributed by atoms with Crippen LogP contribution < -0.4 is 14.9 Å². The van der Waals surface area contributed by atoms with Crippen molar-refractivity contribution in [1.82, 2.24) is 19.9 Å². The molecular weight excluding hydrogens is 528 g/mol. The van der Waals surface area contributed by atoms with Crippen LogP contribution in [0.15, 0.2) is 52.4 Å². The Balaban J connectivity index is 2.49. The Labute approximate surface area is 240 Å². The molecule has 1 aromatic carbocycles. The van der Waals surface area contributed by atoms with Gasteiger partial charge in [-0.3, -0.25) is 9.79 Å². The van der Waals surface area contributed by atoms with Gasteiger partial charge in [0.2, 0.25) is 5.96 Å². The van der Waals surface area contributed by atoms with Crippen molar-refractivity contribution in [3.63, 3.8) is 0 Å². The Hall–Kier alpha value is -3.18. The minimum absolute atomic E-state index is 0.0697. The van der Waals surface area contributed by atoms with E-state index in [4.69, 9.17) is 4.98 Å². The van der Waals surface area contributed by atoms with Gasteiger partial charge in [0.25, 0.3) is 15.9 Å². The Morgan fingerprint density at radius 1 is 1.07 bits per heavy atom. The molecule has 1 atom stereocenters. The maximum atomic E-state index is 14.0. The number of aliphatic hydroxyl groups excluding tert-OH is 1. The highest BCUT2D eigenvalue weighted by molar-refractivity contribution is 7.90. The Morgan fingerprint density at radius 2 is 1.73 bits per heavy atom. The normalized spacial score (nSPS) is 13.5. The largest absolute Gasteiger partial charge is 0.394 e. The number of carbonyl (C=O) groups is 1. The van der Waals surface area contributed by atoms with Crippen LogP contribution in [-0.2, 0) is 16.6 Å².